The van der Waals surface area contributed by atoms with Crippen molar-refractivity contribution in [2.45, 2.75) is 25.1 Å². The van der Waals surface area contributed by atoms with Crippen molar-refractivity contribution in [3.63, 3.8) is 0 Å². The lowest BCUT2D eigenvalue weighted by Crippen LogP contribution is -2.32. The Labute approximate surface area is 179 Å². The average Bonchev–Trinajstić information content (AvgIpc) is 3.10. The summed E-state index contributed by atoms with van der Waals surface area (Å²) in [7, 11) is 1.86. The number of nitrogens with zero attached hydrogens (tertiary/aromatic N) is 4. The molecular weight excluding hydrogens is 408 g/mol. The smallest absolute Gasteiger partial charge is 0.237 e. The standard InChI is InChI=1S/C21H23ClN4O2S/c1-4-26(16-10-6-5-7-11-16)19(27)14-29-21-24-23-20(25(21)3)15(2)28-18-13-9-8-12-17(18)22/h5-13,15H,4,14H2,1-3H3. The van der Waals surface area contributed by atoms with Gasteiger partial charge in [-0.1, -0.05) is 53.7 Å². The first kappa shape index (κ1) is 21.2. The summed E-state index contributed by atoms with van der Waals surface area (Å²) in [5.41, 5.74) is 0.890. The molecule has 1 amide bonds. The molecule has 1 atom stereocenters. The average molecular weight is 431 g/mol. The van der Waals surface area contributed by atoms with Crippen molar-refractivity contribution in [1.29, 1.82) is 0 Å². The number of halogens is 1. The fraction of sp³-hybridized carbons (Fsp3) is 0.286. The maximum Gasteiger partial charge on any atom is 0.237 e. The number of thioether (sulfide) groups is 1. The van der Waals surface area contributed by atoms with Crippen LogP contribution in [0, 0.1) is 0 Å². The fourth-order valence-electron chi connectivity index (χ4n) is 2.90. The monoisotopic (exact) mass is 430 g/mol. The first-order valence-electron chi connectivity index (χ1n) is 9.30. The minimum Gasteiger partial charge on any atom is -0.481 e. The molecule has 0 fully saturated rings. The summed E-state index contributed by atoms with van der Waals surface area (Å²) in [4.78, 5) is 14.4. The minimum absolute atomic E-state index is 0.0219. The molecule has 1 heterocycles. The van der Waals surface area contributed by atoms with Crippen LogP contribution in [-0.2, 0) is 11.8 Å². The second-order valence-corrected chi connectivity index (χ2v) is 7.70. The number of aromatic nitrogens is 3. The number of carbonyl (C=O) groups excluding carboxylic acids is 1. The van der Waals surface area contributed by atoms with Crippen LogP contribution >= 0.6 is 23.4 Å². The molecule has 29 heavy (non-hydrogen) atoms. The van der Waals surface area contributed by atoms with Gasteiger partial charge < -0.3 is 14.2 Å². The minimum atomic E-state index is -0.339. The molecule has 0 aliphatic carbocycles. The maximum atomic E-state index is 12.7. The zero-order valence-electron chi connectivity index (χ0n) is 16.6. The van der Waals surface area contributed by atoms with Gasteiger partial charge in [-0.3, -0.25) is 4.79 Å². The number of rotatable bonds is 8. The van der Waals surface area contributed by atoms with Crippen LogP contribution in [0.5, 0.6) is 5.75 Å². The number of amides is 1. The van der Waals surface area contributed by atoms with Gasteiger partial charge in [0.25, 0.3) is 0 Å². The molecule has 1 aromatic heterocycles. The van der Waals surface area contributed by atoms with Gasteiger partial charge in [0.05, 0.1) is 10.8 Å². The molecule has 3 aromatic rings. The molecule has 0 aliphatic heterocycles. The SMILES string of the molecule is CCN(C(=O)CSc1nnc(C(C)Oc2ccccc2Cl)n1C)c1ccccc1. The number of anilines is 1. The van der Waals surface area contributed by atoms with Crippen LogP contribution in [0.25, 0.3) is 0 Å². The third-order valence-electron chi connectivity index (χ3n) is 4.38. The summed E-state index contributed by atoms with van der Waals surface area (Å²) in [5.74, 6) is 1.55. The van der Waals surface area contributed by atoms with E-state index in [2.05, 4.69) is 10.2 Å². The van der Waals surface area contributed by atoms with Crippen molar-refractivity contribution in [3.05, 3.63) is 65.4 Å². The Morgan fingerprint density at radius 1 is 1.17 bits per heavy atom. The molecule has 3 rings (SSSR count). The highest BCUT2D eigenvalue weighted by atomic mass is 35.5. The molecule has 0 bridgehead atoms. The molecule has 0 saturated heterocycles. The van der Waals surface area contributed by atoms with Gasteiger partial charge in [0.15, 0.2) is 17.1 Å². The van der Waals surface area contributed by atoms with Crippen LogP contribution in [0.1, 0.15) is 25.8 Å². The Kier molecular flexibility index (Phi) is 7.17. The number of hydrogen-bond acceptors (Lipinski definition) is 5. The number of ether oxygens (including phenoxy) is 1. The first-order chi connectivity index (χ1) is 14.0. The number of hydrogen-bond donors (Lipinski definition) is 0. The van der Waals surface area contributed by atoms with Crippen molar-refractivity contribution in [2.24, 2.45) is 7.05 Å². The lowest BCUT2D eigenvalue weighted by Gasteiger charge is -2.20. The predicted octanol–water partition coefficient (Wildman–Crippen LogP) is 4.75. The Morgan fingerprint density at radius 3 is 2.55 bits per heavy atom. The van der Waals surface area contributed by atoms with E-state index in [0.29, 0.717) is 28.3 Å². The van der Waals surface area contributed by atoms with E-state index in [-0.39, 0.29) is 17.8 Å². The van der Waals surface area contributed by atoms with Crippen LogP contribution < -0.4 is 9.64 Å². The lowest BCUT2D eigenvalue weighted by molar-refractivity contribution is -0.116. The molecule has 0 N–H and O–H groups in total. The van der Waals surface area contributed by atoms with Gasteiger partial charge >= 0.3 is 0 Å². The normalized spacial score (nSPS) is 11.9. The van der Waals surface area contributed by atoms with Crippen molar-refractivity contribution < 1.29 is 9.53 Å². The van der Waals surface area contributed by atoms with Crippen LogP contribution in [0.4, 0.5) is 5.69 Å². The van der Waals surface area contributed by atoms with Crippen LogP contribution in [-0.4, -0.2) is 33.0 Å². The van der Waals surface area contributed by atoms with Gasteiger partial charge in [-0.15, -0.1) is 10.2 Å². The van der Waals surface area contributed by atoms with E-state index in [9.17, 15) is 4.79 Å². The van der Waals surface area contributed by atoms with Gasteiger partial charge in [-0.25, -0.2) is 0 Å². The van der Waals surface area contributed by atoms with E-state index in [0.717, 1.165) is 5.69 Å². The lowest BCUT2D eigenvalue weighted by atomic mass is 10.3. The van der Waals surface area contributed by atoms with Gasteiger partial charge in [0, 0.05) is 19.3 Å². The Balaban J connectivity index is 1.65. The van der Waals surface area contributed by atoms with E-state index in [1.54, 1.807) is 11.0 Å². The Hall–Kier alpha value is -2.51. The van der Waals surface area contributed by atoms with Crippen molar-refractivity contribution >= 4 is 35.0 Å². The van der Waals surface area contributed by atoms with E-state index >= 15 is 0 Å². The van der Waals surface area contributed by atoms with Gasteiger partial charge in [0.1, 0.15) is 5.75 Å². The topological polar surface area (TPSA) is 60.3 Å². The zero-order chi connectivity index (χ0) is 20.8. The fourth-order valence-corrected chi connectivity index (χ4v) is 3.88. The second-order valence-electron chi connectivity index (χ2n) is 6.35. The summed E-state index contributed by atoms with van der Waals surface area (Å²) < 4.78 is 7.77. The van der Waals surface area contributed by atoms with Crippen molar-refractivity contribution in [2.75, 3.05) is 17.2 Å². The summed E-state index contributed by atoms with van der Waals surface area (Å²) in [6.07, 6.45) is -0.339. The maximum absolute atomic E-state index is 12.7. The number of carbonyl (C=O) groups is 1. The van der Waals surface area contributed by atoms with Crippen LogP contribution in [0.3, 0.4) is 0 Å². The highest BCUT2D eigenvalue weighted by molar-refractivity contribution is 7.99. The van der Waals surface area contributed by atoms with Crippen LogP contribution in [0.15, 0.2) is 59.8 Å². The molecule has 0 radical (unpaired) electrons. The van der Waals surface area contributed by atoms with Gasteiger partial charge in [0.2, 0.25) is 5.91 Å². The third-order valence-corrected chi connectivity index (χ3v) is 5.70. The van der Waals surface area contributed by atoms with Crippen LogP contribution in [0.2, 0.25) is 5.02 Å². The molecule has 0 spiro atoms. The molecule has 0 aliphatic rings. The Bertz CT molecular complexity index is 964. The quantitative estimate of drug-likeness (QED) is 0.482. The van der Waals surface area contributed by atoms with E-state index in [1.807, 2.05) is 74.0 Å². The van der Waals surface area contributed by atoms with E-state index in [1.165, 1.54) is 11.8 Å². The molecule has 1 unspecified atom stereocenters. The molecule has 6 nitrogen and oxygen atoms in total. The first-order valence-corrected chi connectivity index (χ1v) is 10.7. The summed E-state index contributed by atoms with van der Waals surface area (Å²) in [6, 6.07) is 16.9. The molecule has 8 heteroatoms. The Morgan fingerprint density at radius 2 is 1.86 bits per heavy atom. The molecule has 0 saturated carbocycles. The summed E-state index contributed by atoms with van der Waals surface area (Å²) in [5, 5.41) is 9.67. The predicted molar refractivity (Wildman–Crippen MR) is 117 cm³/mol. The van der Waals surface area contributed by atoms with Gasteiger partial charge in [-0.05, 0) is 38.1 Å². The number of benzene rings is 2. The third kappa shape index (κ3) is 5.10. The molecular formula is C21H23ClN4O2S. The highest BCUT2D eigenvalue weighted by Gasteiger charge is 2.20. The van der Waals surface area contributed by atoms with Gasteiger partial charge in [-0.2, -0.15) is 0 Å². The molecule has 2 aromatic carbocycles. The zero-order valence-corrected chi connectivity index (χ0v) is 18.2. The molecule has 152 valence electrons. The van der Waals surface area contributed by atoms with Crippen molar-refractivity contribution in [3.8, 4) is 5.75 Å². The van der Waals surface area contributed by atoms with E-state index < -0.39 is 0 Å². The second kappa shape index (κ2) is 9.80. The summed E-state index contributed by atoms with van der Waals surface area (Å²) >= 11 is 7.52. The number of para-hydroxylation sites is 2. The largest absolute Gasteiger partial charge is 0.481 e. The highest BCUT2D eigenvalue weighted by Crippen LogP contribution is 2.29. The van der Waals surface area contributed by atoms with E-state index in [4.69, 9.17) is 16.3 Å². The summed E-state index contributed by atoms with van der Waals surface area (Å²) in [6.45, 7) is 4.46. The van der Waals surface area contributed by atoms with Crippen molar-refractivity contribution in [1.82, 2.24) is 14.8 Å².